The first-order chi connectivity index (χ1) is 9.72. The molecule has 1 aliphatic carbocycles. The SMILES string of the molecule is CCC[C@@](C)(C(C)=O)C(=O)O[C@H]1C[C@H](C)CC[C@@H]1C(C)C. The van der Waals surface area contributed by atoms with Gasteiger partial charge in [-0.1, -0.05) is 40.5 Å². The number of Topliss-reactive ketones (excluding diaryl/α,β-unsaturated/α-hetero) is 1. The fourth-order valence-corrected chi connectivity index (χ4v) is 3.44. The lowest BCUT2D eigenvalue weighted by Gasteiger charge is -2.38. The summed E-state index contributed by atoms with van der Waals surface area (Å²) in [5, 5.41) is 0. The molecule has 0 spiro atoms. The predicted octanol–water partition coefficient (Wildman–Crippen LogP) is 4.39. The van der Waals surface area contributed by atoms with Crippen molar-refractivity contribution in [3.8, 4) is 0 Å². The summed E-state index contributed by atoms with van der Waals surface area (Å²) in [5.74, 6) is 1.11. The number of carbonyl (C=O) groups is 2. The van der Waals surface area contributed by atoms with Gasteiger partial charge in [0.25, 0.3) is 0 Å². The molecule has 0 aromatic rings. The van der Waals surface area contributed by atoms with E-state index in [0.717, 1.165) is 19.3 Å². The van der Waals surface area contributed by atoms with Crippen LogP contribution in [0.3, 0.4) is 0 Å². The molecule has 0 heterocycles. The molecule has 1 aliphatic rings. The van der Waals surface area contributed by atoms with E-state index in [0.29, 0.717) is 24.2 Å². The normalized spacial score (nSPS) is 29.0. The van der Waals surface area contributed by atoms with Crippen molar-refractivity contribution in [3.05, 3.63) is 0 Å². The highest BCUT2D eigenvalue weighted by molar-refractivity contribution is 6.02. The molecule has 4 atom stereocenters. The van der Waals surface area contributed by atoms with E-state index in [1.807, 2.05) is 6.92 Å². The average Bonchev–Trinajstić information content (AvgIpc) is 2.38. The molecule has 0 N–H and O–H groups in total. The molecule has 3 heteroatoms. The third kappa shape index (κ3) is 4.31. The first-order valence-electron chi connectivity index (χ1n) is 8.44. The maximum absolute atomic E-state index is 12.6. The molecule has 1 fully saturated rings. The van der Waals surface area contributed by atoms with Gasteiger partial charge >= 0.3 is 5.97 Å². The lowest BCUT2D eigenvalue weighted by molar-refractivity contribution is -0.170. The van der Waals surface area contributed by atoms with Crippen molar-refractivity contribution >= 4 is 11.8 Å². The minimum atomic E-state index is -0.975. The van der Waals surface area contributed by atoms with E-state index in [2.05, 4.69) is 20.8 Å². The molecule has 1 rings (SSSR count). The van der Waals surface area contributed by atoms with Crippen LogP contribution in [0.15, 0.2) is 0 Å². The Balaban J connectivity index is 2.84. The maximum Gasteiger partial charge on any atom is 0.319 e. The zero-order valence-corrected chi connectivity index (χ0v) is 14.6. The van der Waals surface area contributed by atoms with Gasteiger partial charge in [-0.15, -0.1) is 0 Å². The maximum atomic E-state index is 12.6. The number of hydrogen-bond acceptors (Lipinski definition) is 3. The summed E-state index contributed by atoms with van der Waals surface area (Å²) >= 11 is 0. The largest absolute Gasteiger partial charge is 0.461 e. The van der Waals surface area contributed by atoms with Gasteiger partial charge in [0.1, 0.15) is 17.3 Å². The molecule has 21 heavy (non-hydrogen) atoms. The molecule has 0 radical (unpaired) electrons. The van der Waals surface area contributed by atoms with Gasteiger partial charge in [0.2, 0.25) is 0 Å². The van der Waals surface area contributed by atoms with E-state index in [9.17, 15) is 9.59 Å². The molecule has 0 amide bonds. The van der Waals surface area contributed by atoms with Crippen molar-refractivity contribution in [2.45, 2.75) is 79.8 Å². The Morgan fingerprint density at radius 1 is 1.29 bits per heavy atom. The van der Waals surface area contributed by atoms with Crippen LogP contribution in [-0.4, -0.2) is 17.9 Å². The van der Waals surface area contributed by atoms with Gasteiger partial charge in [-0.25, -0.2) is 0 Å². The van der Waals surface area contributed by atoms with E-state index < -0.39 is 5.41 Å². The van der Waals surface area contributed by atoms with Crippen LogP contribution in [0.1, 0.15) is 73.6 Å². The summed E-state index contributed by atoms with van der Waals surface area (Å²) in [6.07, 6.45) is 4.58. The van der Waals surface area contributed by atoms with Gasteiger partial charge in [-0.3, -0.25) is 9.59 Å². The van der Waals surface area contributed by atoms with Gasteiger partial charge in [-0.2, -0.15) is 0 Å². The zero-order valence-electron chi connectivity index (χ0n) is 14.6. The van der Waals surface area contributed by atoms with Crippen LogP contribution >= 0.6 is 0 Å². The molecule has 122 valence electrons. The Morgan fingerprint density at radius 2 is 1.90 bits per heavy atom. The Kier molecular flexibility index (Phi) is 6.42. The number of carbonyl (C=O) groups excluding carboxylic acids is 2. The van der Waals surface area contributed by atoms with Crippen LogP contribution < -0.4 is 0 Å². The van der Waals surface area contributed by atoms with Crippen molar-refractivity contribution in [3.63, 3.8) is 0 Å². The Bertz CT molecular complexity index is 375. The third-order valence-electron chi connectivity index (χ3n) is 5.20. The van der Waals surface area contributed by atoms with Gasteiger partial charge in [0.15, 0.2) is 0 Å². The van der Waals surface area contributed by atoms with Crippen molar-refractivity contribution < 1.29 is 14.3 Å². The second-order valence-corrected chi connectivity index (χ2v) is 7.41. The van der Waals surface area contributed by atoms with E-state index in [1.54, 1.807) is 6.92 Å². The monoisotopic (exact) mass is 296 g/mol. The summed E-state index contributed by atoms with van der Waals surface area (Å²) in [5.41, 5.74) is -0.975. The smallest absolute Gasteiger partial charge is 0.319 e. The molecule has 0 bridgehead atoms. The highest BCUT2D eigenvalue weighted by Crippen LogP contribution is 2.37. The highest BCUT2D eigenvalue weighted by atomic mass is 16.5. The Morgan fingerprint density at radius 3 is 2.38 bits per heavy atom. The summed E-state index contributed by atoms with van der Waals surface area (Å²) in [7, 11) is 0. The Hall–Kier alpha value is -0.860. The van der Waals surface area contributed by atoms with Crippen LogP contribution in [0.5, 0.6) is 0 Å². The summed E-state index contributed by atoms with van der Waals surface area (Å²) in [6, 6.07) is 0. The van der Waals surface area contributed by atoms with E-state index >= 15 is 0 Å². The standard InChI is InChI=1S/C18H32O3/c1-7-10-18(6,14(5)19)17(20)21-16-11-13(4)8-9-15(16)12(2)3/h12-13,15-16H,7-11H2,1-6H3/t13-,15-,16+,18+/m1/s1. The summed E-state index contributed by atoms with van der Waals surface area (Å²) in [6.45, 7) is 11.8. The topological polar surface area (TPSA) is 43.4 Å². The predicted molar refractivity (Wildman–Crippen MR) is 84.9 cm³/mol. The minimum absolute atomic E-state index is 0.0308. The van der Waals surface area contributed by atoms with Crippen LogP contribution in [0.4, 0.5) is 0 Å². The fourth-order valence-electron chi connectivity index (χ4n) is 3.44. The molecule has 0 saturated heterocycles. The highest BCUT2D eigenvalue weighted by Gasteiger charge is 2.42. The second-order valence-electron chi connectivity index (χ2n) is 7.41. The van der Waals surface area contributed by atoms with Crippen molar-refractivity contribution in [1.82, 2.24) is 0 Å². The number of esters is 1. The van der Waals surface area contributed by atoms with Gasteiger partial charge in [-0.05, 0) is 50.9 Å². The molecule has 0 aliphatic heterocycles. The summed E-state index contributed by atoms with van der Waals surface area (Å²) < 4.78 is 5.85. The van der Waals surface area contributed by atoms with Gasteiger partial charge in [0, 0.05) is 0 Å². The van der Waals surface area contributed by atoms with Crippen LogP contribution in [0.25, 0.3) is 0 Å². The third-order valence-corrected chi connectivity index (χ3v) is 5.20. The first-order valence-corrected chi connectivity index (χ1v) is 8.44. The quantitative estimate of drug-likeness (QED) is 0.539. The average molecular weight is 296 g/mol. The van der Waals surface area contributed by atoms with E-state index in [1.165, 1.54) is 13.3 Å². The minimum Gasteiger partial charge on any atom is -0.461 e. The van der Waals surface area contributed by atoms with Crippen LogP contribution in [0.2, 0.25) is 0 Å². The van der Waals surface area contributed by atoms with Crippen molar-refractivity contribution in [2.24, 2.45) is 23.2 Å². The van der Waals surface area contributed by atoms with Gasteiger partial charge in [0.05, 0.1) is 0 Å². The number of ether oxygens (including phenoxy) is 1. The second kappa shape index (κ2) is 7.42. The first kappa shape index (κ1) is 18.2. The number of rotatable bonds is 6. The van der Waals surface area contributed by atoms with Gasteiger partial charge < -0.3 is 4.74 Å². The summed E-state index contributed by atoms with van der Waals surface area (Å²) in [4.78, 5) is 24.5. The number of ketones is 1. The molecular weight excluding hydrogens is 264 g/mol. The van der Waals surface area contributed by atoms with Crippen LogP contribution in [-0.2, 0) is 14.3 Å². The van der Waals surface area contributed by atoms with E-state index in [-0.39, 0.29) is 17.9 Å². The lowest BCUT2D eigenvalue weighted by atomic mass is 9.75. The molecule has 3 nitrogen and oxygen atoms in total. The molecule has 1 saturated carbocycles. The van der Waals surface area contributed by atoms with E-state index in [4.69, 9.17) is 4.74 Å². The lowest BCUT2D eigenvalue weighted by Crippen LogP contribution is -2.42. The van der Waals surface area contributed by atoms with Crippen molar-refractivity contribution in [1.29, 1.82) is 0 Å². The molecule has 0 aromatic heterocycles. The number of hydrogen-bond donors (Lipinski definition) is 0. The zero-order chi connectivity index (χ0) is 16.2. The molecule has 0 aromatic carbocycles. The molecular formula is C18H32O3. The Labute approximate surface area is 129 Å². The van der Waals surface area contributed by atoms with Crippen molar-refractivity contribution in [2.75, 3.05) is 0 Å². The fraction of sp³-hybridized carbons (Fsp3) is 0.889. The van der Waals surface area contributed by atoms with Crippen LogP contribution in [0, 0.1) is 23.2 Å². The molecule has 0 unspecified atom stereocenters.